The van der Waals surface area contributed by atoms with Crippen molar-refractivity contribution in [2.24, 2.45) is 0 Å². The van der Waals surface area contributed by atoms with Gasteiger partial charge in [-0.3, -0.25) is 0 Å². The highest BCUT2D eigenvalue weighted by Crippen LogP contribution is 2.25. The lowest BCUT2D eigenvalue weighted by Gasteiger charge is -2.09. The van der Waals surface area contributed by atoms with Gasteiger partial charge in [0.15, 0.2) is 0 Å². The molecule has 1 aromatic carbocycles. The number of allylic oxidation sites excluding steroid dienone is 1. The quantitative estimate of drug-likeness (QED) is 0.575. The first kappa shape index (κ1) is 15.3. The molecule has 0 aliphatic rings. The zero-order chi connectivity index (χ0) is 14.1. The predicted octanol–water partition coefficient (Wildman–Crippen LogP) is 4.45. The van der Waals surface area contributed by atoms with Crippen molar-refractivity contribution in [3.05, 3.63) is 33.8 Å². The molecule has 0 unspecified atom stereocenters. The van der Waals surface area contributed by atoms with Gasteiger partial charge in [0.25, 0.3) is 0 Å². The third-order valence-electron chi connectivity index (χ3n) is 2.52. The molecule has 0 radical (unpaired) electrons. The topological polar surface area (TPSA) is 56.8 Å². The van der Waals surface area contributed by atoms with Crippen LogP contribution < -0.4 is 4.74 Å². The number of hydrogen-bond acceptors (Lipinski definition) is 3. The molecule has 0 heterocycles. The van der Waals surface area contributed by atoms with Crippen LogP contribution in [0.4, 0.5) is 0 Å². The lowest BCUT2D eigenvalue weighted by atomic mass is 10.1. The first-order chi connectivity index (χ1) is 9.21. The monoisotopic (exact) mass is 318 g/mol. The average Bonchev–Trinajstić information content (AvgIpc) is 2.42. The minimum absolute atomic E-state index is 0.0662. The van der Waals surface area contributed by atoms with Crippen molar-refractivity contribution in [1.82, 2.24) is 0 Å². The fourth-order valence-electron chi connectivity index (χ4n) is 1.54. The van der Waals surface area contributed by atoms with Crippen LogP contribution in [0.1, 0.15) is 31.7 Å². The third kappa shape index (κ3) is 5.16. The molecule has 1 aromatic rings. The van der Waals surface area contributed by atoms with Crippen LogP contribution in [-0.2, 0) is 0 Å². The van der Waals surface area contributed by atoms with Crippen LogP contribution in [0.25, 0.3) is 6.08 Å². The van der Waals surface area contributed by atoms with Gasteiger partial charge in [-0.2, -0.15) is 10.5 Å². The summed E-state index contributed by atoms with van der Waals surface area (Å²) in [7, 11) is 0. The van der Waals surface area contributed by atoms with Crippen LogP contribution in [0.3, 0.4) is 0 Å². The molecule has 0 saturated carbocycles. The third-order valence-corrected chi connectivity index (χ3v) is 3.01. The molecule has 0 aromatic heterocycles. The summed E-state index contributed by atoms with van der Waals surface area (Å²) in [6.07, 6.45) is 4.81. The smallest absolute Gasteiger partial charge is 0.130 e. The van der Waals surface area contributed by atoms with Crippen molar-refractivity contribution in [1.29, 1.82) is 10.5 Å². The standard InChI is InChI=1S/C15H15BrN2O/c1-2-3-4-7-19-15-6-5-14(16)9-13(15)8-12(10-17)11-18/h5-6,8-9H,2-4,7H2,1H3. The Labute approximate surface area is 122 Å². The van der Waals surface area contributed by atoms with E-state index in [0.717, 1.165) is 29.3 Å². The highest BCUT2D eigenvalue weighted by atomic mass is 79.9. The largest absolute Gasteiger partial charge is 0.493 e. The Kier molecular flexibility index (Phi) is 6.71. The van der Waals surface area contributed by atoms with Gasteiger partial charge in [0.2, 0.25) is 0 Å². The zero-order valence-electron chi connectivity index (χ0n) is 10.8. The zero-order valence-corrected chi connectivity index (χ0v) is 12.4. The van der Waals surface area contributed by atoms with Gasteiger partial charge in [-0.1, -0.05) is 35.7 Å². The van der Waals surface area contributed by atoms with Gasteiger partial charge < -0.3 is 4.74 Å². The van der Waals surface area contributed by atoms with Crippen LogP contribution in [0, 0.1) is 22.7 Å². The maximum Gasteiger partial charge on any atom is 0.130 e. The highest BCUT2D eigenvalue weighted by molar-refractivity contribution is 9.10. The van der Waals surface area contributed by atoms with Gasteiger partial charge in [-0.05, 0) is 30.7 Å². The molecule has 19 heavy (non-hydrogen) atoms. The molecule has 0 bridgehead atoms. The molecular weight excluding hydrogens is 304 g/mol. The first-order valence-corrected chi connectivity index (χ1v) is 6.94. The van der Waals surface area contributed by atoms with E-state index < -0.39 is 0 Å². The van der Waals surface area contributed by atoms with Gasteiger partial charge in [0, 0.05) is 10.0 Å². The normalized spacial score (nSPS) is 9.26. The minimum atomic E-state index is 0.0662. The van der Waals surface area contributed by atoms with Gasteiger partial charge >= 0.3 is 0 Å². The number of nitrogens with zero attached hydrogens (tertiary/aromatic N) is 2. The number of benzene rings is 1. The molecule has 0 spiro atoms. The summed E-state index contributed by atoms with van der Waals surface area (Å²) in [4.78, 5) is 0. The van der Waals surface area contributed by atoms with Gasteiger partial charge in [0.1, 0.15) is 23.5 Å². The van der Waals surface area contributed by atoms with Crippen LogP contribution in [0.2, 0.25) is 0 Å². The Bertz CT molecular complexity index is 522. The maximum atomic E-state index is 8.80. The molecule has 0 aliphatic heterocycles. The number of halogens is 1. The van der Waals surface area contributed by atoms with Crippen molar-refractivity contribution in [2.45, 2.75) is 26.2 Å². The average molecular weight is 319 g/mol. The summed E-state index contributed by atoms with van der Waals surface area (Å²) in [6, 6.07) is 9.26. The van der Waals surface area contributed by atoms with Gasteiger partial charge in [0.05, 0.1) is 6.61 Å². The first-order valence-electron chi connectivity index (χ1n) is 6.15. The van der Waals surface area contributed by atoms with E-state index in [1.807, 2.05) is 30.3 Å². The van der Waals surface area contributed by atoms with Crippen molar-refractivity contribution in [3.63, 3.8) is 0 Å². The summed E-state index contributed by atoms with van der Waals surface area (Å²) < 4.78 is 6.58. The van der Waals surface area contributed by atoms with Crippen molar-refractivity contribution < 1.29 is 4.74 Å². The number of hydrogen-bond donors (Lipinski definition) is 0. The van der Waals surface area contributed by atoms with Gasteiger partial charge in [-0.25, -0.2) is 0 Å². The second-order valence-electron chi connectivity index (χ2n) is 4.02. The van der Waals surface area contributed by atoms with Crippen LogP contribution >= 0.6 is 15.9 Å². The molecule has 0 atom stereocenters. The summed E-state index contributed by atoms with van der Waals surface area (Å²) in [6.45, 7) is 2.78. The minimum Gasteiger partial charge on any atom is -0.493 e. The number of unbranched alkanes of at least 4 members (excludes halogenated alkanes) is 2. The predicted molar refractivity (Wildman–Crippen MR) is 78.4 cm³/mol. The summed E-state index contributed by atoms with van der Waals surface area (Å²) in [5.41, 5.74) is 0.806. The fourth-order valence-corrected chi connectivity index (χ4v) is 1.92. The Morgan fingerprint density at radius 2 is 2.05 bits per heavy atom. The summed E-state index contributed by atoms with van der Waals surface area (Å²) in [5.74, 6) is 0.697. The lowest BCUT2D eigenvalue weighted by Crippen LogP contribution is -1.98. The molecule has 98 valence electrons. The van der Waals surface area contributed by atoms with Gasteiger partial charge in [-0.15, -0.1) is 0 Å². The van der Waals surface area contributed by atoms with Crippen molar-refractivity contribution >= 4 is 22.0 Å². The van der Waals surface area contributed by atoms with E-state index in [4.69, 9.17) is 15.3 Å². The Morgan fingerprint density at radius 1 is 1.32 bits per heavy atom. The molecule has 0 aliphatic carbocycles. The highest BCUT2D eigenvalue weighted by Gasteiger charge is 2.04. The second-order valence-corrected chi connectivity index (χ2v) is 4.94. The summed E-state index contributed by atoms with van der Waals surface area (Å²) in [5, 5.41) is 17.6. The van der Waals surface area contributed by atoms with E-state index >= 15 is 0 Å². The van der Waals surface area contributed by atoms with E-state index in [9.17, 15) is 0 Å². The molecule has 0 N–H and O–H groups in total. The Morgan fingerprint density at radius 3 is 2.68 bits per heavy atom. The van der Waals surface area contributed by atoms with Crippen LogP contribution in [0.15, 0.2) is 28.2 Å². The molecule has 0 amide bonds. The molecular formula is C15H15BrN2O. The number of ether oxygens (including phenoxy) is 1. The van der Waals surface area contributed by atoms with Crippen LogP contribution in [-0.4, -0.2) is 6.61 Å². The Balaban J connectivity index is 2.90. The van der Waals surface area contributed by atoms with E-state index in [0.29, 0.717) is 12.4 Å². The molecule has 1 rings (SSSR count). The fraction of sp³-hybridized carbons (Fsp3) is 0.333. The van der Waals surface area contributed by atoms with E-state index in [1.165, 1.54) is 0 Å². The second kappa shape index (κ2) is 8.34. The maximum absolute atomic E-state index is 8.80. The molecule has 0 saturated heterocycles. The van der Waals surface area contributed by atoms with E-state index in [-0.39, 0.29) is 5.57 Å². The SMILES string of the molecule is CCCCCOc1ccc(Br)cc1C=C(C#N)C#N. The Hall–Kier alpha value is -1.78. The lowest BCUT2D eigenvalue weighted by molar-refractivity contribution is 0.305. The number of rotatable bonds is 6. The van der Waals surface area contributed by atoms with E-state index in [2.05, 4.69) is 22.9 Å². The van der Waals surface area contributed by atoms with Crippen LogP contribution in [0.5, 0.6) is 5.75 Å². The molecule has 0 fully saturated rings. The molecule has 3 nitrogen and oxygen atoms in total. The van der Waals surface area contributed by atoms with E-state index in [1.54, 1.807) is 6.08 Å². The van der Waals surface area contributed by atoms with Crippen molar-refractivity contribution in [3.8, 4) is 17.9 Å². The molecule has 4 heteroatoms. The number of nitriles is 2. The summed E-state index contributed by atoms with van der Waals surface area (Å²) >= 11 is 3.37. The van der Waals surface area contributed by atoms with Crippen molar-refractivity contribution in [2.75, 3.05) is 6.61 Å².